The highest BCUT2D eigenvalue weighted by Crippen LogP contribution is 2.39. The van der Waals surface area contributed by atoms with E-state index < -0.39 is 21.3 Å². The van der Waals surface area contributed by atoms with Crippen LogP contribution in [0.1, 0.15) is 11.1 Å². The summed E-state index contributed by atoms with van der Waals surface area (Å²) in [7, 11) is -3.84. The van der Waals surface area contributed by atoms with Gasteiger partial charge in [-0.15, -0.1) is 0 Å². The Morgan fingerprint density at radius 2 is 1.53 bits per heavy atom. The molecule has 5 heteroatoms. The average Bonchev–Trinajstić information content (AvgIpc) is 2.41. The summed E-state index contributed by atoms with van der Waals surface area (Å²) in [6.07, 6.45) is 0. The van der Waals surface area contributed by atoms with Gasteiger partial charge in [-0.1, -0.05) is 18.2 Å². The lowest BCUT2D eigenvalue weighted by Crippen LogP contribution is -2.03. The highest BCUT2D eigenvalue weighted by molar-refractivity contribution is 7.91. The van der Waals surface area contributed by atoms with Crippen molar-refractivity contribution in [2.45, 2.75) is 23.6 Å². The fourth-order valence-electron chi connectivity index (χ4n) is 1.79. The summed E-state index contributed by atoms with van der Waals surface area (Å²) in [4.78, 5) is -0.202. The molecule has 0 fully saturated rings. The molecule has 0 heterocycles. The fraction of sp³-hybridized carbons (Fsp3) is 0.143. The van der Waals surface area contributed by atoms with E-state index in [4.69, 9.17) is 0 Å². The smallest absolute Gasteiger partial charge is 0.210 e. The summed E-state index contributed by atoms with van der Waals surface area (Å²) in [6, 6.07) is 9.17. The topological polar surface area (TPSA) is 74.6 Å². The van der Waals surface area contributed by atoms with Gasteiger partial charge in [0.05, 0.1) is 4.90 Å². The first-order chi connectivity index (χ1) is 8.85. The predicted molar refractivity (Wildman–Crippen MR) is 71.1 cm³/mol. The van der Waals surface area contributed by atoms with Gasteiger partial charge in [0.2, 0.25) is 9.84 Å². The maximum absolute atomic E-state index is 12.4. The van der Waals surface area contributed by atoms with Gasteiger partial charge in [0, 0.05) is 0 Å². The molecule has 0 saturated heterocycles. The maximum Gasteiger partial charge on any atom is 0.210 e. The van der Waals surface area contributed by atoms with E-state index in [0.29, 0.717) is 11.1 Å². The Hall–Kier alpha value is -2.01. The van der Waals surface area contributed by atoms with E-state index in [1.165, 1.54) is 18.2 Å². The number of benzene rings is 2. The largest absolute Gasteiger partial charge is 0.504 e. The van der Waals surface area contributed by atoms with E-state index in [2.05, 4.69) is 0 Å². The summed E-state index contributed by atoms with van der Waals surface area (Å²) >= 11 is 0. The van der Waals surface area contributed by atoms with E-state index >= 15 is 0 Å². The summed E-state index contributed by atoms with van der Waals surface area (Å²) in [5.41, 5.74) is 1.06. The van der Waals surface area contributed by atoms with Crippen LogP contribution in [0.2, 0.25) is 0 Å². The number of hydrogen-bond donors (Lipinski definition) is 2. The maximum atomic E-state index is 12.4. The van der Waals surface area contributed by atoms with Crippen molar-refractivity contribution in [2.75, 3.05) is 0 Å². The molecule has 0 spiro atoms. The Kier molecular flexibility index (Phi) is 3.24. The molecule has 0 bridgehead atoms. The first-order valence-electron chi connectivity index (χ1n) is 5.68. The van der Waals surface area contributed by atoms with Crippen molar-refractivity contribution in [2.24, 2.45) is 0 Å². The summed E-state index contributed by atoms with van der Waals surface area (Å²) < 4.78 is 24.8. The number of sulfone groups is 1. The number of aromatic hydroxyl groups is 2. The van der Waals surface area contributed by atoms with Crippen molar-refractivity contribution in [3.63, 3.8) is 0 Å². The van der Waals surface area contributed by atoms with Crippen molar-refractivity contribution in [3.05, 3.63) is 47.5 Å². The van der Waals surface area contributed by atoms with Crippen molar-refractivity contribution in [1.82, 2.24) is 0 Å². The number of phenolic OH excluding ortho intramolecular Hbond substituents is 2. The normalized spacial score (nSPS) is 11.5. The molecule has 2 aromatic carbocycles. The Labute approximate surface area is 111 Å². The zero-order valence-electron chi connectivity index (χ0n) is 10.6. The van der Waals surface area contributed by atoms with Crippen LogP contribution in [0.25, 0.3) is 0 Å². The first kappa shape index (κ1) is 13.4. The van der Waals surface area contributed by atoms with E-state index in [1.807, 2.05) is 0 Å². The molecule has 19 heavy (non-hydrogen) atoms. The Balaban J connectivity index is 2.73. The summed E-state index contributed by atoms with van der Waals surface area (Å²) in [5, 5.41) is 19.6. The second-order valence-corrected chi connectivity index (χ2v) is 6.25. The molecule has 100 valence electrons. The lowest BCUT2D eigenvalue weighted by atomic mass is 10.1. The second-order valence-electron chi connectivity index (χ2n) is 4.33. The third-order valence-corrected chi connectivity index (χ3v) is 4.88. The molecule has 0 amide bonds. The zero-order chi connectivity index (χ0) is 14.2. The molecule has 0 aliphatic heterocycles. The minimum atomic E-state index is -3.84. The molecule has 2 rings (SSSR count). The van der Waals surface area contributed by atoms with Crippen LogP contribution in [0.3, 0.4) is 0 Å². The Morgan fingerprint density at radius 1 is 0.947 bits per heavy atom. The zero-order valence-corrected chi connectivity index (χ0v) is 11.4. The van der Waals surface area contributed by atoms with Gasteiger partial charge in [0.1, 0.15) is 4.90 Å². The molecule has 0 saturated carbocycles. The van der Waals surface area contributed by atoms with Crippen LogP contribution in [0.15, 0.2) is 46.2 Å². The number of rotatable bonds is 2. The standard InChI is InChI=1S/C14H14O4S/c1-9-8-12(14(16)13(15)10(9)2)19(17,18)11-6-4-3-5-7-11/h3-8,15-16H,1-2H3. The van der Waals surface area contributed by atoms with Crippen LogP contribution >= 0.6 is 0 Å². The third kappa shape index (κ3) is 2.17. The summed E-state index contributed by atoms with van der Waals surface area (Å²) in [6.45, 7) is 3.29. The minimum Gasteiger partial charge on any atom is -0.504 e. The van der Waals surface area contributed by atoms with Gasteiger partial charge in [0.15, 0.2) is 11.5 Å². The van der Waals surface area contributed by atoms with Crippen molar-refractivity contribution < 1.29 is 18.6 Å². The van der Waals surface area contributed by atoms with Crippen LogP contribution < -0.4 is 0 Å². The van der Waals surface area contributed by atoms with Gasteiger partial charge in [-0.3, -0.25) is 0 Å². The molecular weight excluding hydrogens is 264 g/mol. The van der Waals surface area contributed by atoms with Gasteiger partial charge < -0.3 is 10.2 Å². The van der Waals surface area contributed by atoms with Gasteiger partial charge in [-0.05, 0) is 43.2 Å². The molecule has 0 aliphatic carbocycles. The molecule has 0 radical (unpaired) electrons. The SMILES string of the molecule is Cc1cc(S(=O)(=O)c2ccccc2)c(O)c(O)c1C. The number of aryl methyl sites for hydroxylation is 1. The van der Waals surface area contributed by atoms with Gasteiger partial charge >= 0.3 is 0 Å². The fourth-order valence-corrected chi connectivity index (χ4v) is 3.24. The second kappa shape index (κ2) is 4.59. The molecule has 0 aromatic heterocycles. The van der Waals surface area contributed by atoms with Gasteiger partial charge in [-0.2, -0.15) is 0 Å². The van der Waals surface area contributed by atoms with Crippen LogP contribution in [0, 0.1) is 13.8 Å². The van der Waals surface area contributed by atoms with Crippen LogP contribution in [-0.4, -0.2) is 18.6 Å². The molecule has 0 aliphatic rings. The van der Waals surface area contributed by atoms with Crippen LogP contribution in [0.5, 0.6) is 11.5 Å². The molecule has 2 aromatic rings. The van der Waals surface area contributed by atoms with Crippen LogP contribution in [-0.2, 0) is 9.84 Å². The molecule has 0 atom stereocenters. The molecule has 2 N–H and O–H groups in total. The highest BCUT2D eigenvalue weighted by Gasteiger charge is 2.25. The number of hydrogen-bond acceptors (Lipinski definition) is 4. The first-order valence-corrected chi connectivity index (χ1v) is 7.16. The van der Waals surface area contributed by atoms with Crippen molar-refractivity contribution in [3.8, 4) is 11.5 Å². The van der Waals surface area contributed by atoms with E-state index in [0.717, 1.165) is 0 Å². The van der Waals surface area contributed by atoms with E-state index in [-0.39, 0.29) is 9.79 Å². The highest BCUT2D eigenvalue weighted by atomic mass is 32.2. The third-order valence-electron chi connectivity index (χ3n) is 3.10. The monoisotopic (exact) mass is 278 g/mol. The Morgan fingerprint density at radius 3 is 2.11 bits per heavy atom. The molecular formula is C14H14O4S. The van der Waals surface area contributed by atoms with E-state index in [1.54, 1.807) is 32.0 Å². The van der Waals surface area contributed by atoms with Crippen LogP contribution in [0.4, 0.5) is 0 Å². The minimum absolute atomic E-state index is 0.0768. The predicted octanol–water partition coefficient (Wildman–Crippen LogP) is 2.55. The Bertz CT molecular complexity index is 719. The summed E-state index contributed by atoms with van der Waals surface area (Å²) in [5.74, 6) is -0.999. The van der Waals surface area contributed by atoms with Crippen molar-refractivity contribution in [1.29, 1.82) is 0 Å². The van der Waals surface area contributed by atoms with E-state index in [9.17, 15) is 18.6 Å². The van der Waals surface area contributed by atoms with Gasteiger partial charge in [0.25, 0.3) is 0 Å². The molecule has 0 unspecified atom stereocenters. The quantitative estimate of drug-likeness (QED) is 0.828. The molecule has 4 nitrogen and oxygen atoms in total. The lowest BCUT2D eigenvalue weighted by Gasteiger charge is -2.12. The average molecular weight is 278 g/mol. The lowest BCUT2D eigenvalue weighted by molar-refractivity contribution is 0.390. The van der Waals surface area contributed by atoms with Gasteiger partial charge in [-0.25, -0.2) is 8.42 Å². The van der Waals surface area contributed by atoms with Crippen molar-refractivity contribution >= 4 is 9.84 Å². The number of phenols is 2.